The first-order chi connectivity index (χ1) is 11.6. The van der Waals surface area contributed by atoms with E-state index in [2.05, 4.69) is 11.1 Å². The van der Waals surface area contributed by atoms with Gasteiger partial charge in [0.05, 0.1) is 5.69 Å². The minimum Gasteiger partial charge on any atom is -0.375 e. The summed E-state index contributed by atoms with van der Waals surface area (Å²) in [7, 11) is 0. The van der Waals surface area contributed by atoms with Crippen molar-refractivity contribution < 1.29 is 9.18 Å². The fourth-order valence-electron chi connectivity index (χ4n) is 2.94. The summed E-state index contributed by atoms with van der Waals surface area (Å²) in [5.74, 6) is -0.458. The lowest BCUT2D eigenvalue weighted by Gasteiger charge is -2.17. The summed E-state index contributed by atoms with van der Waals surface area (Å²) >= 11 is 1.41. The van der Waals surface area contributed by atoms with Gasteiger partial charge in [0.15, 0.2) is 5.13 Å². The lowest BCUT2D eigenvalue weighted by Crippen LogP contribution is -2.28. The van der Waals surface area contributed by atoms with Crippen LogP contribution in [-0.4, -0.2) is 17.4 Å². The molecule has 0 aliphatic carbocycles. The molecule has 4 nitrogen and oxygen atoms in total. The number of amides is 1. The van der Waals surface area contributed by atoms with E-state index in [9.17, 15) is 9.18 Å². The average molecular weight is 339 g/mol. The van der Waals surface area contributed by atoms with Crippen LogP contribution in [0.15, 0.2) is 47.8 Å². The molecule has 120 valence electrons. The fourth-order valence-corrected chi connectivity index (χ4v) is 3.51. The maximum atomic E-state index is 13.0. The van der Waals surface area contributed by atoms with Gasteiger partial charge in [-0.3, -0.25) is 4.79 Å². The van der Waals surface area contributed by atoms with E-state index in [4.69, 9.17) is 5.73 Å². The van der Waals surface area contributed by atoms with Crippen molar-refractivity contribution in [1.29, 1.82) is 0 Å². The van der Waals surface area contributed by atoms with Crippen molar-refractivity contribution in [3.8, 4) is 11.3 Å². The number of benzene rings is 2. The fraction of sp³-hybridized carbons (Fsp3) is 0.111. The highest BCUT2D eigenvalue weighted by Crippen LogP contribution is 2.33. The van der Waals surface area contributed by atoms with Gasteiger partial charge in [0.2, 0.25) is 0 Å². The van der Waals surface area contributed by atoms with Gasteiger partial charge < -0.3 is 10.6 Å². The van der Waals surface area contributed by atoms with Crippen LogP contribution in [0.25, 0.3) is 11.3 Å². The third-order valence-electron chi connectivity index (χ3n) is 4.13. The van der Waals surface area contributed by atoms with Gasteiger partial charge in [-0.15, -0.1) is 11.3 Å². The Morgan fingerprint density at radius 3 is 2.71 bits per heavy atom. The number of halogens is 1. The van der Waals surface area contributed by atoms with Crippen LogP contribution in [0.3, 0.4) is 0 Å². The zero-order chi connectivity index (χ0) is 16.7. The first-order valence-electron chi connectivity index (χ1n) is 7.53. The lowest BCUT2D eigenvalue weighted by atomic mass is 10.1. The number of nitrogen functional groups attached to an aromatic ring is 1. The van der Waals surface area contributed by atoms with Crippen LogP contribution in [0.4, 0.5) is 15.2 Å². The number of rotatable bonds is 2. The minimum absolute atomic E-state index is 0.112. The number of aromatic nitrogens is 1. The Labute approximate surface area is 142 Å². The Kier molecular flexibility index (Phi) is 3.54. The monoisotopic (exact) mass is 339 g/mol. The summed E-state index contributed by atoms with van der Waals surface area (Å²) in [6, 6.07) is 11.6. The van der Waals surface area contributed by atoms with Gasteiger partial charge in [0, 0.05) is 28.7 Å². The molecule has 0 fully saturated rings. The number of thiazole rings is 1. The summed E-state index contributed by atoms with van der Waals surface area (Å²) < 4.78 is 13.0. The molecule has 4 rings (SSSR count). The highest BCUT2D eigenvalue weighted by Gasteiger charge is 2.26. The number of hydrogen-bond donors (Lipinski definition) is 1. The van der Waals surface area contributed by atoms with Gasteiger partial charge >= 0.3 is 0 Å². The number of nitrogens with zero attached hydrogens (tertiary/aromatic N) is 2. The smallest absolute Gasteiger partial charge is 0.258 e. The zero-order valence-corrected chi connectivity index (χ0v) is 13.5. The number of anilines is 2. The quantitative estimate of drug-likeness (QED) is 0.774. The van der Waals surface area contributed by atoms with Crippen LogP contribution in [-0.2, 0) is 6.42 Å². The molecule has 6 heteroatoms. The molecule has 1 amide bonds. The summed E-state index contributed by atoms with van der Waals surface area (Å²) in [6.45, 7) is 0.619. The van der Waals surface area contributed by atoms with E-state index >= 15 is 0 Å². The molecule has 0 spiro atoms. The molecule has 0 bridgehead atoms. The van der Waals surface area contributed by atoms with Crippen LogP contribution >= 0.6 is 11.3 Å². The van der Waals surface area contributed by atoms with E-state index in [1.807, 2.05) is 17.5 Å². The molecule has 2 heterocycles. The largest absolute Gasteiger partial charge is 0.375 e. The van der Waals surface area contributed by atoms with Gasteiger partial charge in [-0.25, -0.2) is 9.37 Å². The van der Waals surface area contributed by atoms with Crippen molar-refractivity contribution in [2.75, 3.05) is 17.2 Å². The minimum atomic E-state index is -0.347. The average Bonchev–Trinajstić information content (AvgIpc) is 3.20. The second-order valence-corrected chi connectivity index (χ2v) is 6.52. The number of carbonyl (C=O) groups excluding carboxylic acids is 1. The predicted molar refractivity (Wildman–Crippen MR) is 93.7 cm³/mol. The first kappa shape index (κ1) is 14.8. The van der Waals surface area contributed by atoms with Crippen molar-refractivity contribution in [1.82, 2.24) is 4.98 Å². The maximum absolute atomic E-state index is 13.0. The molecular formula is C18H14FN3OS. The second-order valence-electron chi connectivity index (χ2n) is 5.63. The summed E-state index contributed by atoms with van der Waals surface area (Å²) in [5.41, 5.74) is 10.0. The molecule has 24 heavy (non-hydrogen) atoms. The number of fused-ring (bicyclic) bond motifs is 1. The Morgan fingerprint density at radius 2 is 2.00 bits per heavy atom. The molecule has 2 N–H and O–H groups in total. The predicted octanol–water partition coefficient (Wildman–Crippen LogP) is 3.73. The van der Waals surface area contributed by atoms with Crippen molar-refractivity contribution in [3.63, 3.8) is 0 Å². The van der Waals surface area contributed by atoms with Crippen LogP contribution in [0.5, 0.6) is 0 Å². The van der Waals surface area contributed by atoms with Gasteiger partial charge in [-0.05, 0) is 48.4 Å². The summed E-state index contributed by atoms with van der Waals surface area (Å²) in [6.07, 6.45) is 0.787. The first-order valence-corrected chi connectivity index (χ1v) is 8.41. The topological polar surface area (TPSA) is 59.2 Å². The van der Waals surface area contributed by atoms with E-state index in [0.29, 0.717) is 17.2 Å². The molecule has 0 atom stereocenters. The van der Waals surface area contributed by atoms with E-state index < -0.39 is 0 Å². The number of hydrogen-bond acceptors (Lipinski definition) is 4. The molecular weight excluding hydrogens is 325 g/mol. The van der Waals surface area contributed by atoms with Crippen molar-refractivity contribution >= 4 is 28.1 Å². The molecule has 1 aliphatic rings. The molecule has 0 saturated carbocycles. The number of nitrogens with two attached hydrogens (primary N) is 1. The van der Waals surface area contributed by atoms with Gasteiger partial charge in [0.1, 0.15) is 5.82 Å². The molecule has 1 aromatic heterocycles. The lowest BCUT2D eigenvalue weighted by molar-refractivity contribution is 0.0989. The summed E-state index contributed by atoms with van der Waals surface area (Å²) in [5, 5.41) is 2.46. The van der Waals surface area contributed by atoms with Crippen molar-refractivity contribution in [2.24, 2.45) is 0 Å². The Bertz CT molecular complexity index is 920. The molecule has 0 saturated heterocycles. The van der Waals surface area contributed by atoms with Crippen LogP contribution in [0.1, 0.15) is 15.9 Å². The Morgan fingerprint density at radius 1 is 1.21 bits per heavy atom. The van der Waals surface area contributed by atoms with Crippen molar-refractivity contribution in [3.05, 3.63) is 64.8 Å². The molecule has 3 aromatic rings. The van der Waals surface area contributed by atoms with Crippen molar-refractivity contribution in [2.45, 2.75) is 6.42 Å². The maximum Gasteiger partial charge on any atom is 0.258 e. The van der Waals surface area contributed by atoms with Gasteiger partial charge in [0.25, 0.3) is 5.91 Å². The molecule has 0 unspecified atom stereocenters. The van der Waals surface area contributed by atoms with Crippen LogP contribution in [0, 0.1) is 5.82 Å². The Hall–Kier alpha value is -2.73. The molecule has 1 aliphatic heterocycles. The van der Waals surface area contributed by atoms with Gasteiger partial charge in [-0.2, -0.15) is 0 Å². The zero-order valence-electron chi connectivity index (χ0n) is 12.7. The van der Waals surface area contributed by atoms with E-state index in [0.717, 1.165) is 28.9 Å². The summed E-state index contributed by atoms with van der Waals surface area (Å²) in [4.78, 5) is 18.7. The Balaban J connectivity index is 1.64. The van der Waals surface area contributed by atoms with Crippen LogP contribution in [0.2, 0.25) is 0 Å². The SMILES string of the molecule is Nc1nc(-c2ccc3c(c2)CCN3C(=O)c2ccc(F)cc2)cs1. The number of carbonyl (C=O) groups is 1. The van der Waals surface area contributed by atoms with E-state index in [1.165, 1.54) is 35.6 Å². The highest BCUT2D eigenvalue weighted by atomic mass is 32.1. The third-order valence-corrected chi connectivity index (χ3v) is 4.80. The standard InChI is InChI=1S/C18H14FN3OS/c19-14-4-1-11(2-5-14)17(23)22-8-7-13-9-12(3-6-16(13)22)15-10-24-18(20)21-15/h1-6,9-10H,7-8H2,(H2,20,21). The van der Waals surface area contributed by atoms with E-state index in [-0.39, 0.29) is 11.7 Å². The van der Waals surface area contributed by atoms with Gasteiger partial charge in [-0.1, -0.05) is 6.07 Å². The van der Waals surface area contributed by atoms with E-state index in [1.54, 1.807) is 4.90 Å². The highest BCUT2D eigenvalue weighted by molar-refractivity contribution is 7.13. The van der Waals surface area contributed by atoms with Crippen LogP contribution < -0.4 is 10.6 Å². The third kappa shape index (κ3) is 2.55. The molecule has 2 aromatic carbocycles. The second kappa shape index (κ2) is 5.72. The normalized spacial score (nSPS) is 13.1. The molecule has 0 radical (unpaired) electrons.